The molecule has 1 N–H and O–H groups in total. The molecule has 0 fully saturated rings. The highest BCUT2D eigenvalue weighted by atomic mass is 19.1. The Balaban J connectivity index is 2.02. The highest BCUT2D eigenvalue weighted by Gasteiger charge is 2.35. The van der Waals surface area contributed by atoms with Crippen molar-refractivity contribution >= 4 is 29.0 Å². The van der Waals surface area contributed by atoms with Gasteiger partial charge >= 0.3 is 5.97 Å². The standard InChI is InChI=1S/C32H40FN3O6/c1-18-21-10-9-14-41-28(21)24(33)17-22(18)27-23-16-20(11-12-25(37)34-13-15-39-7)36(6)30(23)35-19(2)26(27)29(31(38)40-8)42-32(3,4)5/h11-12,16-17,29H,9-10,13-15H2,1-8H3,(H,34,37)/b12-11+/t29-/m0/s1. The molecule has 4 rings (SSSR count). The van der Waals surface area contributed by atoms with E-state index in [1.807, 2.05) is 45.4 Å². The van der Waals surface area contributed by atoms with Crippen molar-refractivity contribution in [2.75, 3.05) is 34.0 Å². The average molecular weight is 582 g/mol. The molecule has 2 aromatic heterocycles. The van der Waals surface area contributed by atoms with Crippen LogP contribution in [0.5, 0.6) is 5.75 Å². The van der Waals surface area contributed by atoms with Gasteiger partial charge in [-0.3, -0.25) is 4.79 Å². The quantitative estimate of drug-likeness (QED) is 0.213. The van der Waals surface area contributed by atoms with Gasteiger partial charge < -0.3 is 28.8 Å². The number of ether oxygens (including phenoxy) is 4. The predicted octanol–water partition coefficient (Wildman–Crippen LogP) is 5.13. The summed E-state index contributed by atoms with van der Waals surface area (Å²) in [5, 5.41) is 3.45. The normalized spacial score (nSPS) is 14.1. The van der Waals surface area contributed by atoms with Gasteiger partial charge in [-0.15, -0.1) is 0 Å². The molecule has 1 amide bonds. The van der Waals surface area contributed by atoms with Crippen LogP contribution < -0.4 is 10.1 Å². The number of amides is 1. The molecule has 0 aliphatic carbocycles. The molecule has 9 nitrogen and oxygen atoms in total. The Bertz CT molecular complexity index is 1540. The molecule has 226 valence electrons. The lowest BCUT2D eigenvalue weighted by molar-refractivity contribution is -0.164. The van der Waals surface area contributed by atoms with Crippen molar-refractivity contribution in [2.45, 2.75) is 59.2 Å². The highest BCUT2D eigenvalue weighted by molar-refractivity contribution is 6.01. The Hall–Kier alpha value is -3.76. The number of hydrogen-bond donors (Lipinski definition) is 1. The van der Waals surface area contributed by atoms with Gasteiger partial charge in [0, 0.05) is 60.2 Å². The van der Waals surface area contributed by atoms with Crippen molar-refractivity contribution in [3.63, 3.8) is 0 Å². The minimum Gasteiger partial charge on any atom is -0.490 e. The summed E-state index contributed by atoms with van der Waals surface area (Å²) in [6.45, 7) is 10.6. The van der Waals surface area contributed by atoms with Crippen LogP contribution in [0.4, 0.5) is 4.39 Å². The first kappa shape index (κ1) is 31.2. The van der Waals surface area contributed by atoms with E-state index < -0.39 is 23.5 Å². The van der Waals surface area contributed by atoms with E-state index in [0.29, 0.717) is 65.3 Å². The topological polar surface area (TPSA) is 101 Å². The number of carbonyl (C=O) groups is 2. The number of hydrogen-bond acceptors (Lipinski definition) is 7. The van der Waals surface area contributed by atoms with E-state index in [0.717, 1.165) is 17.5 Å². The SMILES string of the molecule is COCCNC(=O)/C=C/c1cc2c(-c3cc(F)c4c(c3C)CCCO4)c([C@H](OC(C)(C)C)C(=O)OC)c(C)nc2n1C. The van der Waals surface area contributed by atoms with E-state index in [1.165, 1.54) is 19.3 Å². The molecule has 42 heavy (non-hydrogen) atoms. The number of halogens is 1. The number of pyridine rings is 1. The molecular formula is C32H40FN3O6. The molecule has 1 aliphatic rings. The summed E-state index contributed by atoms with van der Waals surface area (Å²) < 4.78 is 39.7. The summed E-state index contributed by atoms with van der Waals surface area (Å²) in [5.41, 5.74) is 4.55. The first-order valence-corrected chi connectivity index (χ1v) is 14.0. The number of benzene rings is 1. The average Bonchev–Trinajstić information content (AvgIpc) is 3.26. The number of methoxy groups -OCH3 is 2. The zero-order chi connectivity index (χ0) is 30.8. The Morgan fingerprint density at radius 3 is 2.64 bits per heavy atom. The number of aryl methyl sites for hydroxylation is 2. The van der Waals surface area contributed by atoms with Crippen LogP contribution in [0.2, 0.25) is 0 Å². The van der Waals surface area contributed by atoms with Gasteiger partial charge in [0.15, 0.2) is 17.7 Å². The second kappa shape index (κ2) is 12.6. The van der Waals surface area contributed by atoms with Crippen molar-refractivity contribution in [3.05, 3.63) is 52.1 Å². The number of carbonyl (C=O) groups excluding carboxylic acids is 2. The van der Waals surface area contributed by atoms with Crippen LogP contribution in [0.3, 0.4) is 0 Å². The van der Waals surface area contributed by atoms with E-state index in [1.54, 1.807) is 20.1 Å². The molecule has 0 unspecified atom stereocenters. The van der Waals surface area contributed by atoms with Crippen molar-refractivity contribution in [2.24, 2.45) is 7.05 Å². The van der Waals surface area contributed by atoms with Gasteiger partial charge in [0.25, 0.3) is 0 Å². The van der Waals surface area contributed by atoms with Gasteiger partial charge in [-0.25, -0.2) is 14.2 Å². The van der Waals surface area contributed by atoms with Crippen LogP contribution in [-0.4, -0.2) is 61.0 Å². The first-order valence-electron chi connectivity index (χ1n) is 14.0. The Morgan fingerprint density at radius 1 is 1.24 bits per heavy atom. The number of esters is 1. The Kier molecular flexibility index (Phi) is 9.37. The Morgan fingerprint density at radius 2 is 1.98 bits per heavy atom. The monoisotopic (exact) mass is 581 g/mol. The van der Waals surface area contributed by atoms with Crippen molar-refractivity contribution in [1.29, 1.82) is 0 Å². The zero-order valence-electron chi connectivity index (χ0n) is 25.6. The van der Waals surface area contributed by atoms with Crippen LogP contribution in [0.15, 0.2) is 18.2 Å². The van der Waals surface area contributed by atoms with Crippen LogP contribution in [0.25, 0.3) is 28.2 Å². The van der Waals surface area contributed by atoms with Crippen LogP contribution >= 0.6 is 0 Å². The smallest absolute Gasteiger partial charge is 0.339 e. The molecule has 3 aromatic rings. The van der Waals surface area contributed by atoms with Crippen LogP contribution in [-0.2, 0) is 37.3 Å². The van der Waals surface area contributed by atoms with Crippen LogP contribution in [0.1, 0.15) is 61.4 Å². The van der Waals surface area contributed by atoms with E-state index in [2.05, 4.69) is 5.32 Å². The second-order valence-corrected chi connectivity index (χ2v) is 11.4. The number of aromatic nitrogens is 2. The Labute approximate surface area is 246 Å². The summed E-state index contributed by atoms with van der Waals surface area (Å²) in [7, 11) is 4.73. The fraction of sp³-hybridized carbons (Fsp3) is 0.469. The molecule has 0 bridgehead atoms. The molecule has 10 heteroatoms. The summed E-state index contributed by atoms with van der Waals surface area (Å²) in [6.07, 6.45) is 3.47. The third-order valence-corrected chi connectivity index (χ3v) is 7.31. The summed E-state index contributed by atoms with van der Waals surface area (Å²) in [6, 6.07) is 3.35. The molecule has 0 spiro atoms. The maximum Gasteiger partial charge on any atom is 0.339 e. The number of rotatable bonds is 9. The van der Waals surface area contributed by atoms with Gasteiger partial charge in [0.2, 0.25) is 5.91 Å². The van der Waals surface area contributed by atoms with Crippen molar-refractivity contribution in [1.82, 2.24) is 14.9 Å². The number of fused-ring (bicyclic) bond motifs is 2. The molecule has 1 aromatic carbocycles. The second-order valence-electron chi connectivity index (χ2n) is 11.4. The van der Waals surface area contributed by atoms with Gasteiger partial charge in [0.05, 0.1) is 25.9 Å². The summed E-state index contributed by atoms with van der Waals surface area (Å²) in [4.78, 5) is 30.5. The number of nitrogens with one attached hydrogen (secondary N) is 1. The van der Waals surface area contributed by atoms with E-state index >= 15 is 4.39 Å². The van der Waals surface area contributed by atoms with Gasteiger partial charge in [-0.1, -0.05) is 0 Å². The third-order valence-electron chi connectivity index (χ3n) is 7.31. The lowest BCUT2D eigenvalue weighted by Gasteiger charge is -2.29. The molecule has 0 saturated carbocycles. The molecule has 3 heterocycles. The van der Waals surface area contributed by atoms with Crippen molar-refractivity contribution < 1.29 is 32.9 Å². The maximum atomic E-state index is 15.6. The largest absolute Gasteiger partial charge is 0.490 e. The zero-order valence-corrected chi connectivity index (χ0v) is 25.6. The van der Waals surface area contributed by atoms with E-state index in [-0.39, 0.29) is 11.7 Å². The van der Waals surface area contributed by atoms with E-state index in [9.17, 15) is 9.59 Å². The lowest BCUT2D eigenvalue weighted by atomic mass is 9.86. The van der Waals surface area contributed by atoms with Crippen molar-refractivity contribution in [3.8, 4) is 16.9 Å². The van der Waals surface area contributed by atoms with Gasteiger partial charge in [-0.05, 0) is 76.8 Å². The first-order chi connectivity index (χ1) is 19.9. The summed E-state index contributed by atoms with van der Waals surface area (Å²) in [5.74, 6) is -1.04. The molecule has 0 radical (unpaired) electrons. The van der Waals surface area contributed by atoms with Gasteiger partial charge in [-0.2, -0.15) is 0 Å². The molecule has 0 saturated heterocycles. The molecular weight excluding hydrogens is 541 g/mol. The van der Waals surface area contributed by atoms with Crippen LogP contribution in [0, 0.1) is 19.7 Å². The fourth-order valence-corrected chi connectivity index (χ4v) is 5.35. The fourth-order valence-electron chi connectivity index (χ4n) is 5.35. The minimum absolute atomic E-state index is 0.265. The minimum atomic E-state index is -1.12. The lowest BCUT2D eigenvalue weighted by Crippen LogP contribution is -2.29. The molecule has 1 aliphatic heterocycles. The predicted molar refractivity (Wildman–Crippen MR) is 159 cm³/mol. The number of nitrogens with zero attached hydrogens (tertiary/aromatic N) is 2. The van der Waals surface area contributed by atoms with E-state index in [4.69, 9.17) is 23.9 Å². The summed E-state index contributed by atoms with van der Waals surface area (Å²) >= 11 is 0. The van der Waals surface area contributed by atoms with Gasteiger partial charge in [0.1, 0.15) is 5.65 Å². The maximum absolute atomic E-state index is 15.6. The highest BCUT2D eigenvalue weighted by Crippen LogP contribution is 2.45. The third kappa shape index (κ3) is 6.34. The molecule has 1 atom stereocenters.